The van der Waals surface area contributed by atoms with Crippen LogP contribution < -0.4 is 5.48 Å². The summed E-state index contributed by atoms with van der Waals surface area (Å²) in [4.78, 5) is 17.4. The molecule has 9 heteroatoms. The Kier molecular flexibility index (Phi) is 6.78. The highest BCUT2D eigenvalue weighted by molar-refractivity contribution is 7.92. The fourth-order valence-corrected chi connectivity index (χ4v) is 4.39. The van der Waals surface area contributed by atoms with E-state index >= 15 is 0 Å². The number of hydroxylamine groups is 1. The minimum atomic E-state index is -3.81. The fraction of sp³-hybridized carbons (Fsp3) is 0.364. The van der Waals surface area contributed by atoms with Gasteiger partial charge in [-0.1, -0.05) is 53.7 Å². The van der Waals surface area contributed by atoms with Crippen LogP contribution in [0.15, 0.2) is 53.7 Å². The van der Waals surface area contributed by atoms with Crippen molar-refractivity contribution in [2.75, 3.05) is 12.9 Å². The highest BCUT2D eigenvalue weighted by Gasteiger charge is 2.47. The van der Waals surface area contributed by atoms with E-state index in [4.69, 9.17) is 15.2 Å². The van der Waals surface area contributed by atoms with E-state index < -0.39 is 26.6 Å². The number of nitrogens with zero attached hydrogens (tertiary/aromatic N) is 1. The molecule has 1 aliphatic rings. The molecule has 0 saturated heterocycles. The number of oxime groups is 1. The second-order valence-corrected chi connectivity index (χ2v) is 10.3. The summed E-state index contributed by atoms with van der Waals surface area (Å²) in [6, 6.07) is 15.7. The fourth-order valence-electron chi connectivity index (χ4n) is 3.52. The number of carbonyl (C=O) groups is 1. The summed E-state index contributed by atoms with van der Waals surface area (Å²) >= 11 is 0. The second kappa shape index (κ2) is 9.17. The van der Waals surface area contributed by atoms with Crippen LogP contribution >= 0.6 is 0 Å². The molecule has 0 spiro atoms. The highest BCUT2D eigenvalue weighted by Crippen LogP contribution is 2.30. The van der Waals surface area contributed by atoms with Crippen LogP contribution in [0.4, 0.5) is 0 Å². The molecule has 0 aliphatic carbocycles. The van der Waals surface area contributed by atoms with Crippen molar-refractivity contribution in [3.05, 3.63) is 59.7 Å². The van der Waals surface area contributed by atoms with Crippen LogP contribution in [-0.2, 0) is 25.9 Å². The summed E-state index contributed by atoms with van der Waals surface area (Å²) in [5.74, 6) is -0.999. The highest BCUT2D eigenvalue weighted by atomic mass is 32.2. The molecule has 1 aliphatic heterocycles. The first-order valence-electron chi connectivity index (χ1n) is 9.85. The average molecular weight is 447 g/mol. The molecule has 0 unspecified atom stereocenters. The SMILES string of the molecule is C[C@@](C[C@H]1CC(c2ccc(-c3ccc(CCO)cc3)cc2)=NO1)(C(=O)NO)S(C)(=O)=O. The number of hydrogen-bond acceptors (Lipinski definition) is 7. The lowest BCUT2D eigenvalue weighted by atomic mass is 9.95. The third-order valence-corrected chi connectivity index (χ3v) is 7.65. The zero-order chi connectivity index (χ0) is 22.6. The average Bonchev–Trinajstić information content (AvgIpc) is 3.21. The van der Waals surface area contributed by atoms with E-state index in [1.54, 1.807) is 0 Å². The van der Waals surface area contributed by atoms with E-state index in [1.807, 2.05) is 48.5 Å². The zero-order valence-electron chi connectivity index (χ0n) is 17.4. The van der Waals surface area contributed by atoms with E-state index in [-0.39, 0.29) is 13.0 Å². The van der Waals surface area contributed by atoms with Gasteiger partial charge in [0.15, 0.2) is 14.6 Å². The molecule has 0 radical (unpaired) electrons. The molecule has 2 aromatic carbocycles. The van der Waals surface area contributed by atoms with Crippen molar-refractivity contribution in [3.8, 4) is 11.1 Å². The third kappa shape index (κ3) is 4.95. The lowest BCUT2D eigenvalue weighted by molar-refractivity contribution is -0.132. The number of carbonyl (C=O) groups excluding carboxylic acids is 1. The molecule has 0 fully saturated rings. The maximum Gasteiger partial charge on any atom is 0.264 e. The van der Waals surface area contributed by atoms with Crippen molar-refractivity contribution in [3.63, 3.8) is 0 Å². The second-order valence-electron chi connectivity index (χ2n) is 7.87. The summed E-state index contributed by atoms with van der Waals surface area (Å²) in [5.41, 5.74) is 6.09. The Morgan fingerprint density at radius 1 is 1.13 bits per heavy atom. The molecule has 0 aromatic heterocycles. The number of rotatable bonds is 8. The van der Waals surface area contributed by atoms with Crippen LogP contribution in [0.25, 0.3) is 11.1 Å². The van der Waals surface area contributed by atoms with Gasteiger partial charge in [0.2, 0.25) is 0 Å². The Balaban J connectivity index is 1.69. The standard InChI is InChI=1S/C22H26N2O6S/c1-22(21(26)23-27,31(2,28)29)14-19-13-20(24-30-19)18-9-7-17(8-10-18)16-5-3-15(4-6-16)11-12-25/h3-10,19,25,27H,11-14H2,1-2H3,(H,23,26)/t19-,22-/m1/s1. The first kappa shape index (κ1) is 22.9. The van der Waals surface area contributed by atoms with Crippen LogP contribution in [0.1, 0.15) is 30.9 Å². The normalized spacial score (nSPS) is 18.1. The molecular weight excluding hydrogens is 420 g/mol. The van der Waals surface area contributed by atoms with Gasteiger partial charge >= 0.3 is 0 Å². The van der Waals surface area contributed by atoms with Gasteiger partial charge in [0.1, 0.15) is 6.10 Å². The van der Waals surface area contributed by atoms with Crippen molar-refractivity contribution in [1.82, 2.24) is 5.48 Å². The molecule has 31 heavy (non-hydrogen) atoms. The van der Waals surface area contributed by atoms with Gasteiger partial charge in [-0.25, -0.2) is 13.9 Å². The number of aliphatic hydroxyl groups excluding tert-OH is 1. The first-order valence-corrected chi connectivity index (χ1v) is 11.7. The maximum atomic E-state index is 12.1. The Labute approximate surface area is 181 Å². The van der Waals surface area contributed by atoms with Gasteiger partial charge < -0.3 is 9.94 Å². The summed E-state index contributed by atoms with van der Waals surface area (Å²) in [5, 5.41) is 22.1. The van der Waals surface area contributed by atoms with Crippen molar-refractivity contribution in [2.45, 2.75) is 37.0 Å². The number of hydrogen-bond donors (Lipinski definition) is 3. The Morgan fingerprint density at radius 3 is 2.19 bits per heavy atom. The molecule has 1 amide bonds. The van der Waals surface area contributed by atoms with Crippen molar-refractivity contribution < 1.29 is 28.4 Å². The third-order valence-electron chi connectivity index (χ3n) is 5.66. The van der Waals surface area contributed by atoms with Crippen LogP contribution in [0.2, 0.25) is 0 Å². The van der Waals surface area contributed by atoms with Crippen LogP contribution in [0.3, 0.4) is 0 Å². The van der Waals surface area contributed by atoms with Crippen molar-refractivity contribution in [1.29, 1.82) is 0 Å². The Morgan fingerprint density at radius 2 is 1.68 bits per heavy atom. The molecule has 3 rings (SSSR count). The first-order chi connectivity index (χ1) is 14.7. The Bertz CT molecular complexity index is 1060. The van der Waals surface area contributed by atoms with E-state index in [9.17, 15) is 13.2 Å². The van der Waals surface area contributed by atoms with Gasteiger partial charge in [0, 0.05) is 25.7 Å². The number of aliphatic hydroxyl groups is 1. The van der Waals surface area contributed by atoms with E-state index in [1.165, 1.54) is 12.4 Å². The molecule has 0 bridgehead atoms. The minimum absolute atomic E-state index is 0.118. The zero-order valence-corrected chi connectivity index (χ0v) is 18.2. The predicted octanol–water partition coefficient (Wildman–Crippen LogP) is 2.08. The number of benzene rings is 2. The minimum Gasteiger partial charge on any atom is -0.396 e. The van der Waals surface area contributed by atoms with Crippen LogP contribution in [0, 0.1) is 0 Å². The van der Waals surface area contributed by atoms with Gasteiger partial charge in [0.05, 0.1) is 5.71 Å². The van der Waals surface area contributed by atoms with Gasteiger partial charge in [-0.2, -0.15) is 0 Å². The summed E-state index contributed by atoms with van der Waals surface area (Å²) in [7, 11) is -3.81. The largest absolute Gasteiger partial charge is 0.396 e. The smallest absolute Gasteiger partial charge is 0.264 e. The van der Waals surface area contributed by atoms with Gasteiger partial charge in [0.25, 0.3) is 5.91 Å². The predicted molar refractivity (Wildman–Crippen MR) is 116 cm³/mol. The van der Waals surface area contributed by atoms with Crippen molar-refractivity contribution >= 4 is 21.5 Å². The van der Waals surface area contributed by atoms with Crippen LogP contribution in [-0.4, -0.2) is 54.1 Å². The topological polar surface area (TPSA) is 125 Å². The molecule has 2 aromatic rings. The molecule has 166 valence electrons. The summed E-state index contributed by atoms with van der Waals surface area (Å²) in [6.45, 7) is 1.38. The van der Waals surface area contributed by atoms with Gasteiger partial charge in [-0.05, 0) is 35.6 Å². The lowest BCUT2D eigenvalue weighted by Crippen LogP contribution is -2.51. The quantitative estimate of drug-likeness (QED) is 0.421. The van der Waals surface area contributed by atoms with Gasteiger partial charge in [-0.3, -0.25) is 10.0 Å². The number of sulfone groups is 1. The van der Waals surface area contributed by atoms with E-state index in [0.29, 0.717) is 18.6 Å². The molecular formula is C22H26N2O6S. The molecule has 0 saturated carbocycles. The number of amides is 1. The molecule has 1 heterocycles. The Hall–Kier alpha value is -2.75. The molecule has 2 atom stereocenters. The monoisotopic (exact) mass is 446 g/mol. The summed E-state index contributed by atoms with van der Waals surface area (Å²) in [6.07, 6.45) is 1.18. The lowest BCUT2D eigenvalue weighted by Gasteiger charge is -2.26. The van der Waals surface area contributed by atoms with Gasteiger partial charge in [-0.15, -0.1) is 0 Å². The molecule has 3 N–H and O–H groups in total. The molecule has 8 nitrogen and oxygen atoms in total. The van der Waals surface area contributed by atoms with Crippen molar-refractivity contribution in [2.24, 2.45) is 5.16 Å². The van der Waals surface area contributed by atoms with E-state index in [0.717, 1.165) is 28.5 Å². The number of nitrogens with one attached hydrogen (secondary N) is 1. The maximum absolute atomic E-state index is 12.1. The summed E-state index contributed by atoms with van der Waals surface area (Å²) < 4.78 is 22.5. The van der Waals surface area contributed by atoms with Crippen LogP contribution in [0.5, 0.6) is 0 Å². The van der Waals surface area contributed by atoms with E-state index in [2.05, 4.69) is 5.16 Å².